The summed E-state index contributed by atoms with van der Waals surface area (Å²) in [6, 6.07) is 0.942. The van der Waals surface area contributed by atoms with Crippen molar-refractivity contribution in [2.75, 3.05) is 13.7 Å². The van der Waals surface area contributed by atoms with Gasteiger partial charge in [0.25, 0.3) is 0 Å². The molecule has 1 aromatic rings. The van der Waals surface area contributed by atoms with Gasteiger partial charge in [-0.05, 0) is 13.1 Å². The molecule has 0 aliphatic carbocycles. The summed E-state index contributed by atoms with van der Waals surface area (Å²) in [6.45, 7) is -0.310. The number of phenolic OH excluding ortho intramolecular Hbond substituents is 1. The topological polar surface area (TPSA) is 52.5 Å². The summed E-state index contributed by atoms with van der Waals surface area (Å²) in [5.74, 6) is -2.54. The van der Waals surface area contributed by atoms with Gasteiger partial charge in [-0.15, -0.1) is 0 Å². The highest BCUT2D eigenvalue weighted by atomic mass is 19.2. The first-order valence-electron chi connectivity index (χ1n) is 4.06. The Bertz CT molecular complexity index is 327. The van der Waals surface area contributed by atoms with Crippen LogP contribution in [0.2, 0.25) is 0 Å². The molecule has 3 N–H and O–H groups in total. The van der Waals surface area contributed by atoms with Crippen molar-refractivity contribution < 1.29 is 19.0 Å². The summed E-state index contributed by atoms with van der Waals surface area (Å²) < 4.78 is 25.4. The second-order valence-electron chi connectivity index (χ2n) is 2.85. The van der Waals surface area contributed by atoms with Crippen LogP contribution in [-0.2, 0) is 0 Å². The number of nitrogens with one attached hydrogen (secondary N) is 1. The Morgan fingerprint density at radius 1 is 1.36 bits per heavy atom. The summed E-state index contributed by atoms with van der Waals surface area (Å²) >= 11 is 0. The lowest BCUT2D eigenvalue weighted by molar-refractivity contribution is 0.247. The molecule has 0 aliphatic heterocycles. The molecule has 5 heteroatoms. The zero-order valence-corrected chi connectivity index (χ0v) is 7.59. The third kappa shape index (κ3) is 2.00. The van der Waals surface area contributed by atoms with E-state index in [9.17, 15) is 13.9 Å². The van der Waals surface area contributed by atoms with Gasteiger partial charge in [0.1, 0.15) is 5.75 Å². The fourth-order valence-electron chi connectivity index (χ4n) is 1.18. The number of hydrogen-bond donors (Lipinski definition) is 3. The zero-order chi connectivity index (χ0) is 10.7. The number of benzene rings is 1. The van der Waals surface area contributed by atoms with Crippen molar-refractivity contribution in [2.24, 2.45) is 0 Å². The van der Waals surface area contributed by atoms with Gasteiger partial charge >= 0.3 is 0 Å². The van der Waals surface area contributed by atoms with Gasteiger partial charge in [0.15, 0.2) is 11.6 Å². The number of aliphatic hydroxyl groups is 1. The molecule has 0 radical (unpaired) electrons. The minimum atomic E-state index is -1.11. The van der Waals surface area contributed by atoms with E-state index in [4.69, 9.17) is 5.11 Å². The van der Waals surface area contributed by atoms with Crippen molar-refractivity contribution in [2.45, 2.75) is 6.04 Å². The van der Waals surface area contributed by atoms with Crippen LogP contribution in [0.4, 0.5) is 8.78 Å². The molecule has 0 bridgehead atoms. The molecule has 14 heavy (non-hydrogen) atoms. The van der Waals surface area contributed by atoms with E-state index in [1.54, 1.807) is 7.05 Å². The SMILES string of the molecule is CN[C@H](CO)c1cc(F)c(F)cc1O. The summed E-state index contributed by atoms with van der Waals surface area (Å²) in [6.07, 6.45) is 0. The van der Waals surface area contributed by atoms with E-state index in [0.717, 1.165) is 6.07 Å². The molecule has 0 fully saturated rings. The number of phenols is 1. The normalized spacial score (nSPS) is 12.9. The molecule has 0 heterocycles. The molecule has 1 atom stereocenters. The second-order valence-corrected chi connectivity index (χ2v) is 2.85. The minimum Gasteiger partial charge on any atom is -0.507 e. The van der Waals surface area contributed by atoms with Crippen LogP contribution in [0.1, 0.15) is 11.6 Å². The lowest BCUT2D eigenvalue weighted by Crippen LogP contribution is -2.20. The Balaban J connectivity index is 3.14. The van der Waals surface area contributed by atoms with Gasteiger partial charge in [0.05, 0.1) is 12.6 Å². The van der Waals surface area contributed by atoms with E-state index in [0.29, 0.717) is 6.07 Å². The third-order valence-corrected chi connectivity index (χ3v) is 1.98. The molecular weight excluding hydrogens is 192 g/mol. The van der Waals surface area contributed by atoms with E-state index in [2.05, 4.69) is 5.32 Å². The zero-order valence-electron chi connectivity index (χ0n) is 7.59. The van der Waals surface area contributed by atoms with E-state index in [1.807, 2.05) is 0 Å². The Kier molecular flexibility index (Phi) is 3.38. The van der Waals surface area contributed by atoms with Gasteiger partial charge in [-0.25, -0.2) is 8.78 Å². The molecule has 0 saturated heterocycles. The van der Waals surface area contributed by atoms with Gasteiger partial charge < -0.3 is 15.5 Å². The highest BCUT2D eigenvalue weighted by Gasteiger charge is 2.15. The van der Waals surface area contributed by atoms with Crippen LogP contribution in [0.3, 0.4) is 0 Å². The van der Waals surface area contributed by atoms with Gasteiger partial charge in [-0.1, -0.05) is 0 Å². The summed E-state index contributed by atoms with van der Waals surface area (Å²) in [5.41, 5.74) is 0.133. The Morgan fingerprint density at radius 3 is 2.43 bits per heavy atom. The van der Waals surface area contributed by atoms with E-state index >= 15 is 0 Å². The van der Waals surface area contributed by atoms with Crippen molar-refractivity contribution >= 4 is 0 Å². The second kappa shape index (κ2) is 4.34. The van der Waals surface area contributed by atoms with Crippen LogP contribution in [0.15, 0.2) is 12.1 Å². The lowest BCUT2D eigenvalue weighted by atomic mass is 10.1. The van der Waals surface area contributed by atoms with Gasteiger partial charge in [-0.3, -0.25) is 0 Å². The average Bonchev–Trinajstić information content (AvgIpc) is 2.15. The first-order valence-corrected chi connectivity index (χ1v) is 4.06. The Morgan fingerprint density at radius 2 is 1.93 bits per heavy atom. The van der Waals surface area contributed by atoms with Crippen LogP contribution >= 0.6 is 0 Å². The molecule has 0 spiro atoms. The molecule has 0 aromatic heterocycles. The Hall–Kier alpha value is -1.20. The number of aliphatic hydroxyl groups excluding tert-OH is 1. The standard InChI is InChI=1S/C9H11F2NO2/c1-12-8(4-13)5-2-6(10)7(11)3-9(5)14/h2-3,8,12-14H,4H2,1H3/t8-/m1/s1. The fourth-order valence-corrected chi connectivity index (χ4v) is 1.18. The van der Waals surface area contributed by atoms with Gasteiger partial charge in [-0.2, -0.15) is 0 Å². The molecule has 3 nitrogen and oxygen atoms in total. The molecule has 0 aliphatic rings. The summed E-state index contributed by atoms with van der Waals surface area (Å²) in [7, 11) is 1.54. The van der Waals surface area contributed by atoms with Crippen molar-refractivity contribution in [3.8, 4) is 5.75 Å². The number of likely N-dealkylation sites (N-methyl/N-ethyl adjacent to an activating group) is 1. The van der Waals surface area contributed by atoms with Crippen LogP contribution in [0.5, 0.6) is 5.75 Å². The van der Waals surface area contributed by atoms with Crippen LogP contribution < -0.4 is 5.32 Å². The van der Waals surface area contributed by atoms with Gasteiger partial charge in [0, 0.05) is 11.6 Å². The maximum atomic E-state index is 12.8. The maximum absolute atomic E-state index is 12.8. The third-order valence-electron chi connectivity index (χ3n) is 1.98. The molecule has 0 unspecified atom stereocenters. The molecule has 1 aromatic carbocycles. The predicted octanol–water partition coefficient (Wildman–Crippen LogP) is 0.923. The monoisotopic (exact) mass is 203 g/mol. The predicted molar refractivity (Wildman–Crippen MR) is 46.9 cm³/mol. The fraction of sp³-hybridized carbons (Fsp3) is 0.333. The highest BCUT2D eigenvalue weighted by molar-refractivity contribution is 5.36. The maximum Gasteiger partial charge on any atom is 0.162 e. The molecular formula is C9H11F2NO2. The van der Waals surface area contributed by atoms with Crippen LogP contribution in [0, 0.1) is 11.6 Å². The molecule has 78 valence electrons. The highest BCUT2D eigenvalue weighted by Crippen LogP contribution is 2.26. The minimum absolute atomic E-state index is 0.133. The quantitative estimate of drug-likeness (QED) is 0.684. The number of aromatic hydroxyl groups is 1. The molecule has 0 saturated carbocycles. The van der Waals surface area contributed by atoms with Crippen molar-refractivity contribution in [3.05, 3.63) is 29.3 Å². The molecule has 1 rings (SSSR count). The Labute approximate surface area is 80.0 Å². The number of halogens is 2. The van der Waals surface area contributed by atoms with Crippen LogP contribution in [0.25, 0.3) is 0 Å². The van der Waals surface area contributed by atoms with Crippen LogP contribution in [-0.4, -0.2) is 23.9 Å². The first-order chi connectivity index (χ1) is 6.60. The smallest absolute Gasteiger partial charge is 0.162 e. The van der Waals surface area contributed by atoms with E-state index in [-0.39, 0.29) is 17.9 Å². The number of rotatable bonds is 3. The van der Waals surface area contributed by atoms with E-state index in [1.165, 1.54) is 0 Å². The van der Waals surface area contributed by atoms with E-state index < -0.39 is 17.7 Å². The average molecular weight is 203 g/mol. The molecule has 0 amide bonds. The first kappa shape index (κ1) is 10.9. The van der Waals surface area contributed by atoms with Crippen molar-refractivity contribution in [3.63, 3.8) is 0 Å². The lowest BCUT2D eigenvalue weighted by Gasteiger charge is -2.15. The van der Waals surface area contributed by atoms with Crippen molar-refractivity contribution in [1.29, 1.82) is 0 Å². The summed E-state index contributed by atoms with van der Waals surface area (Å²) in [4.78, 5) is 0. The largest absolute Gasteiger partial charge is 0.507 e. The van der Waals surface area contributed by atoms with Gasteiger partial charge in [0.2, 0.25) is 0 Å². The number of hydrogen-bond acceptors (Lipinski definition) is 3. The van der Waals surface area contributed by atoms with Crippen molar-refractivity contribution in [1.82, 2.24) is 5.32 Å². The summed E-state index contributed by atoms with van der Waals surface area (Å²) in [5, 5.41) is 20.8.